The Balaban J connectivity index is 2.09. The molecule has 1 aliphatic rings. The molecule has 0 spiro atoms. The summed E-state index contributed by atoms with van der Waals surface area (Å²) in [6.07, 6.45) is 0. The molecule has 1 heterocycles. The van der Waals surface area contributed by atoms with E-state index >= 15 is 0 Å². The molecule has 122 valence electrons. The van der Waals surface area contributed by atoms with Crippen LogP contribution in [-0.2, 0) is 26.1 Å². The predicted molar refractivity (Wildman–Crippen MR) is 81.8 cm³/mol. The van der Waals surface area contributed by atoms with Crippen LogP contribution in [0.15, 0.2) is 29.2 Å². The van der Waals surface area contributed by atoms with Crippen molar-refractivity contribution in [3.05, 3.63) is 29.8 Å². The van der Waals surface area contributed by atoms with Crippen molar-refractivity contribution < 1.29 is 17.9 Å². The first-order valence-electron chi connectivity index (χ1n) is 7.02. The molecule has 0 bridgehead atoms. The fourth-order valence-electron chi connectivity index (χ4n) is 2.14. The smallest absolute Gasteiger partial charge is 0.242 e. The summed E-state index contributed by atoms with van der Waals surface area (Å²) >= 11 is 0. The molecule has 7 nitrogen and oxygen atoms in total. The lowest BCUT2D eigenvalue weighted by atomic mass is 10.2. The number of hydrogen-bond acceptors (Lipinski definition) is 5. The molecule has 1 amide bonds. The van der Waals surface area contributed by atoms with Gasteiger partial charge in [0.1, 0.15) is 6.04 Å². The maximum atomic E-state index is 12.3. The minimum absolute atomic E-state index is 0.153. The number of amides is 1. The fraction of sp³-hybridized carbons (Fsp3) is 0.500. The number of hydrogen-bond donors (Lipinski definition) is 2. The number of rotatable bonds is 5. The van der Waals surface area contributed by atoms with Gasteiger partial charge < -0.3 is 15.4 Å². The molecule has 22 heavy (non-hydrogen) atoms. The monoisotopic (exact) mass is 327 g/mol. The van der Waals surface area contributed by atoms with Crippen molar-refractivity contribution >= 4 is 15.9 Å². The molecule has 0 radical (unpaired) electrons. The summed E-state index contributed by atoms with van der Waals surface area (Å²) in [5.41, 5.74) is 0.557. The molecule has 8 heteroatoms. The fourth-order valence-corrected chi connectivity index (χ4v) is 3.25. The second-order valence-electron chi connectivity index (χ2n) is 5.19. The lowest BCUT2D eigenvalue weighted by Crippen LogP contribution is -2.51. The molecule has 1 atom stereocenters. The van der Waals surface area contributed by atoms with Crippen LogP contribution in [0.1, 0.15) is 5.56 Å². The van der Waals surface area contributed by atoms with E-state index in [0.717, 1.165) is 4.31 Å². The average molecular weight is 327 g/mol. The molecular formula is C14H21N3O4S. The molecule has 1 fully saturated rings. The van der Waals surface area contributed by atoms with Gasteiger partial charge in [-0.1, -0.05) is 18.2 Å². The summed E-state index contributed by atoms with van der Waals surface area (Å²) in [5, 5.41) is 5.81. The molecule has 1 aromatic rings. The van der Waals surface area contributed by atoms with Crippen molar-refractivity contribution in [2.24, 2.45) is 0 Å². The van der Waals surface area contributed by atoms with Crippen LogP contribution in [-0.4, -0.2) is 58.5 Å². The van der Waals surface area contributed by atoms with Crippen LogP contribution in [0.3, 0.4) is 0 Å². The first-order valence-corrected chi connectivity index (χ1v) is 8.46. The third kappa shape index (κ3) is 3.83. The van der Waals surface area contributed by atoms with Crippen molar-refractivity contribution in [2.75, 3.05) is 33.9 Å². The summed E-state index contributed by atoms with van der Waals surface area (Å²) in [6, 6.07) is 6.25. The number of nitrogens with one attached hydrogen (secondary N) is 2. The van der Waals surface area contributed by atoms with E-state index in [-0.39, 0.29) is 17.3 Å². The highest BCUT2D eigenvalue weighted by Gasteiger charge is 2.23. The topological polar surface area (TPSA) is 87.7 Å². The van der Waals surface area contributed by atoms with Gasteiger partial charge >= 0.3 is 0 Å². The molecule has 1 aromatic carbocycles. The van der Waals surface area contributed by atoms with Gasteiger partial charge in [-0.3, -0.25) is 4.79 Å². The molecule has 1 saturated heterocycles. The summed E-state index contributed by atoms with van der Waals surface area (Å²) in [4.78, 5) is 12.3. The number of nitrogens with zero attached hydrogens (tertiary/aromatic N) is 1. The predicted octanol–water partition coefficient (Wildman–Crippen LogP) is -0.458. The Morgan fingerprint density at radius 2 is 2.14 bits per heavy atom. The second-order valence-corrected chi connectivity index (χ2v) is 7.31. The van der Waals surface area contributed by atoms with Gasteiger partial charge in [0.25, 0.3) is 0 Å². The van der Waals surface area contributed by atoms with E-state index in [1.807, 2.05) is 0 Å². The molecule has 1 aliphatic heterocycles. The van der Waals surface area contributed by atoms with Gasteiger partial charge in [0.2, 0.25) is 15.9 Å². The summed E-state index contributed by atoms with van der Waals surface area (Å²) in [6.45, 7) is 1.70. The average Bonchev–Trinajstić information content (AvgIpc) is 2.53. The molecule has 1 unspecified atom stereocenters. The van der Waals surface area contributed by atoms with Crippen LogP contribution >= 0.6 is 0 Å². The van der Waals surface area contributed by atoms with Gasteiger partial charge in [0, 0.05) is 27.2 Å². The van der Waals surface area contributed by atoms with Crippen molar-refractivity contribution in [1.29, 1.82) is 0 Å². The van der Waals surface area contributed by atoms with Gasteiger partial charge in [0.15, 0.2) is 0 Å². The van der Waals surface area contributed by atoms with Gasteiger partial charge in [-0.15, -0.1) is 0 Å². The summed E-state index contributed by atoms with van der Waals surface area (Å²) in [5.74, 6) is -0.197. The van der Waals surface area contributed by atoms with E-state index < -0.39 is 16.1 Å². The lowest BCUT2D eigenvalue weighted by Gasteiger charge is -2.23. The minimum Gasteiger partial charge on any atom is -0.378 e. The van der Waals surface area contributed by atoms with Gasteiger partial charge in [0.05, 0.1) is 18.1 Å². The van der Waals surface area contributed by atoms with E-state index in [2.05, 4.69) is 10.6 Å². The van der Waals surface area contributed by atoms with E-state index in [1.54, 1.807) is 24.3 Å². The number of sulfonamides is 1. The molecule has 0 saturated carbocycles. The first kappa shape index (κ1) is 16.9. The van der Waals surface area contributed by atoms with Gasteiger partial charge in [-0.2, -0.15) is 0 Å². The van der Waals surface area contributed by atoms with Gasteiger partial charge in [-0.25, -0.2) is 12.7 Å². The van der Waals surface area contributed by atoms with E-state index in [9.17, 15) is 13.2 Å². The van der Waals surface area contributed by atoms with Crippen molar-refractivity contribution in [3.8, 4) is 0 Å². The molecule has 0 aromatic heterocycles. The Bertz CT molecular complexity index is 625. The van der Waals surface area contributed by atoms with Crippen molar-refractivity contribution in [3.63, 3.8) is 0 Å². The third-order valence-corrected chi connectivity index (χ3v) is 5.34. The van der Waals surface area contributed by atoms with Crippen molar-refractivity contribution in [1.82, 2.24) is 14.9 Å². The number of ether oxygens (including phenoxy) is 1. The second kappa shape index (κ2) is 7.19. The van der Waals surface area contributed by atoms with E-state index in [0.29, 0.717) is 25.3 Å². The van der Waals surface area contributed by atoms with Crippen LogP contribution < -0.4 is 10.6 Å². The van der Waals surface area contributed by atoms with E-state index in [1.165, 1.54) is 14.1 Å². The Kier molecular flexibility index (Phi) is 5.52. The first-order chi connectivity index (χ1) is 10.4. The van der Waals surface area contributed by atoms with Crippen LogP contribution in [0.5, 0.6) is 0 Å². The highest BCUT2D eigenvalue weighted by Crippen LogP contribution is 2.18. The zero-order valence-electron chi connectivity index (χ0n) is 12.7. The Hall–Kier alpha value is -1.48. The number of carbonyl (C=O) groups excluding carboxylic acids is 1. The zero-order chi connectivity index (χ0) is 16.2. The molecule has 2 rings (SSSR count). The van der Waals surface area contributed by atoms with Gasteiger partial charge in [-0.05, 0) is 11.6 Å². The highest BCUT2D eigenvalue weighted by molar-refractivity contribution is 7.89. The molecular weight excluding hydrogens is 306 g/mol. The summed E-state index contributed by atoms with van der Waals surface area (Å²) in [7, 11) is -0.578. The van der Waals surface area contributed by atoms with Crippen LogP contribution in [0.4, 0.5) is 0 Å². The highest BCUT2D eigenvalue weighted by atomic mass is 32.2. The minimum atomic E-state index is -3.54. The zero-order valence-corrected chi connectivity index (χ0v) is 13.5. The maximum Gasteiger partial charge on any atom is 0.242 e. The number of carbonyl (C=O) groups is 1. The third-order valence-electron chi connectivity index (χ3n) is 3.42. The van der Waals surface area contributed by atoms with E-state index in [4.69, 9.17) is 4.74 Å². The number of benzene rings is 1. The largest absolute Gasteiger partial charge is 0.378 e. The molecule has 2 N–H and O–H groups in total. The van der Waals surface area contributed by atoms with Crippen molar-refractivity contribution in [2.45, 2.75) is 17.5 Å². The summed E-state index contributed by atoms with van der Waals surface area (Å²) < 4.78 is 31.0. The number of morpholine rings is 1. The standard InChI is InChI=1S/C14H21N3O4S/c1-17(2)22(19,20)13-6-4-3-5-11(13)9-16-14(18)12-10-21-8-7-15-12/h3-6,12,15H,7-10H2,1-2H3,(H,16,18). The van der Waals surface area contributed by atoms with Crippen LogP contribution in [0.2, 0.25) is 0 Å². The Morgan fingerprint density at radius 1 is 1.41 bits per heavy atom. The Morgan fingerprint density at radius 3 is 2.77 bits per heavy atom. The van der Waals surface area contributed by atoms with Crippen LogP contribution in [0.25, 0.3) is 0 Å². The lowest BCUT2D eigenvalue weighted by molar-refractivity contribution is -0.126. The SMILES string of the molecule is CN(C)S(=O)(=O)c1ccccc1CNC(=O)C1COCCN1. The quantitative estimate of drug-likeness (QED) is 0.764. The normalized spacial score (nSPS) is 19.1. The van der Waals surface area contributed by atoms with Crippen LogP contribution in [0, 0.1) is 0 Å². The Labute approximate surface area is 130 Å². The maximum absolute atomic E-state index is 12.3. The molecule has 0 aliphatic carbocycles.